The molecule has 0 rings (SSSR count). The van der Waals surface area contributed by atoms with Crippen LogP contribution in [0.1, 0.15) is 0 Å². The summed E-state index contributed by atoms with van der Waals surface area (Å²) in [6, 6.07) is -1.08. The van der Waals surface area contributed by atoms with E-state index in [0.29, 0.717) is 0 Å². The van der Waals surface area contributed by atoms with Crippen LogP contribution in [0.5, 0.6) is 0 Å². The molecule has 0 bridgehead atoms. The van der Waals surface area contributed by atoms with Crippen LogP contribution in [0.4, 0.5) is 4.79 Å². The molecule has 0 aliphatic rings. The van der Waals surface area contributed by atoms with Gasteiger partial charge in [-0.25, -0.2) is 0 Å². The fourth-order valence-electron chi connectivity index (χ4n) is 0. The van der Waals surface area contributed by atoms with E-state index in [1.807, 2.05) is 0 Å². The van der Waals surface area contributed by atoms with E-state index in [-0.39, 0.29) is 0 Å². The summed E-state index contributed by atoms with van der Waals surface area (Å²) < 4.78 is 17.0. The average molecular weight is 139 g/mol. The van der Waals surface area contributed by atoms with Gasteiger partial charge < -0.3 is 11.5 Å². The molecule has 7 heavy (non-hydrogen) atoms. The van der Waals surface area contributed by atoms with Gasteiger partial charge in [-0.2, -0.15) is 0 Å². The van der Waals surface area contributed by atoms with Gasteiger partial charge in [0.2, 0.25) is 0 Å². The number of rotatable bonds is 0. The van der Waals surface area contributed by atoms with Crippen molar-refractivity contribution in [2.75, 3.05) is 0 Å². The average Bonchev–Trinajstić information content (AvgIpc) is 1.33. The Morgan fingerprint density at radius 3 is 1.57 bits per heavy atom. The van der Waals surface area contributed by atoms with E-state index in [9.17, 15) is 0 Å². The van der Waals surface area contributed by atoms with Crippen molar-refractivity contribution in [1.82, 2.24) is 0 Å². The zero-order chi connectivity index (χ0) is 6.28. The first-order valence-corrected chi connectivity index (χ1v) is 2.43. The molecule has 40 valence electrons. The predicted molar refractivity (Wildman–Crippen MR) is 15.3 cm³/mol. The molecule has 3 N–H and O–H groups in total. The van der Waals surface area contributed by atoms with Crippen LogP contribution < -0.4 is 5.73 Å². The number of amides is 2. The van der Waals surface area contributed by atoms with Crippen LogP contribution in [0.3, 0.4) is 0 Å². The molecular formula is CH3N2O3Ti-. The molecule has 2 amide bonds. The fraction of sp³-hybridized carbons (Fsp3) is 0. The molecule has 0 atom stereocenters. The Morgan fingerprint density at radius 1 is 1.57 bits per heavy atom. The van der Waals surface area contributed by atoms with Gasteiger partial charge in [0.15, 0.2) is 0 Å². The third kappa shape index (κ3) is 415. The Bertz CT molecular complexity index is 80.9. The van der Waals surface area contributed by atoms with Crippen LogP contribution in [0, 0.1) is 0 Å². The standard InChI is InChI=1S/CH4N2O.2O.Ti/c2-1(3)4;;;/h(H4,2,3,4);;;/p-1. The molecule has 0 aliphatic heterocycles. The van der Waals surface area contributed by atoms with Gasteiger partial charge in [-0.15, -0.1) is 0 Å². The van der Waals surface area contributed by atoms with Crippen LogP contribution in [0.15, 0.2) is 0 Å². The molecule has 0 saturated carbocycles. The van der Waals surface area contributed by atoms with Crippen molar-refractivity contribution in [2.45, 2.75) is 0 Å². The second-order valence-corrected chi connectivity index (χ2v) is 0.708. The van der Waals surface area contributed by atoms with Crippen LogP contribution in [-0.4, -0.2) is 6.03 Å². The van der Waals surface area contributed by atoms with Crippen LogP contribution >= 0.6 is 0 Å². The van der Waals surface area contributed by atoms with E-state index in [2.05, 4.69) is 5.73 Å². The monoisotopic (exact) mass is 139 g/mol. The topological polar surface area (TPSA) is 101 Å². The van der Waals surface area contributed by atoms with Crippen molar-refractivity contribution >= 4 is 6.03 Å². The normalized spacial score (nSPS) is 4.57. The van der Waals surface area contributed by atoms with Gasteiger partial charge in [-0.05, 0) is 0 Å². The van der Waals surface area contributed by atoms with Crippen LogP contribution in [0.25, 0.3) is 5.73 Å². The fourth-order valence-corrected chi connectivity index (χ4v) is 0. The summed E-state index contributed by atoms with van der Waals surface area (Å²) in [7, 11) is 0. The number of hydrogen-bond donors (Lipinski definition) is 1. The Morgan fingerprint density at radius 2 is 1.57 bits per heavy atom. The molecule has 0 heterocycles. The summed E-state index contributed by atoms with van der Waals surface area (Å²) in [6.45, 7) is 0. The first-order chi connectivity index (χ1) is 3.15. The minimum atomic E-state index is -2.00. The van der Waals surface area contributed by atoms with E-state index < -0.39 is 25.1 Å². The van der Waals surface area contributed by atoms with Gasteiger partial charge in [0.1, 0.15) is 6.03 Å². The molecular weight excluding hydrogens is 136 g/mol. The molecule has 0 fully saturated rings. The number of primary amides is 1. The first-order valence-electron chi connectivity index (χ1n) is 1.15. The molecule has 0 saturated heterocycles. The molecule has 0 aromatic rings. The number of nitrogens with one attached hydrogen (secondary N) is 1. The summed E-state index contributed by atoms with van der Waals surface area (Å²) in [5.41, 5.74) is 9.86. The number of urea groups is 1. The van der Waals surface area contributed by atoms with Crippen molar-refractivity contribution < 1.29 is 30.5 Å². The Balaban J connectivity index is 0. The molecule has 0 aromatic carbocycles. The SMILES string of the molecule is [NH-]C(N)=O.[O]=[Ti]=[O]. The third-order valence-electron chi connectivity index (χ3n) is 0. The maximum absolute atomic E-state index is 8.89. The van der Waals surface area contributed by atoms with Gasteiger partial charge in [0, 0.05) is 0 Å². The van der Waals surface area contributed by atoms with Crippen molar-refractivity contribution in [1.29, 1.82) is 0 Å². The van der Waals surface area contributed by atoms with Gasteiger partial charge in [0.05, 0.1) is 0 Å². The van der Waals surface area contributed by atoms with E-state index in [1.54, 1.807) is 0 Å². The second-order valence-electron chi connectivity index (χ2n) is 0.448. The van der Waals surface area contributed by atoms with E-state index in [1.165, 1.54) is 0 Å². The quantitative estimate of drug-likeness (QED) is 0.473. The zero-order valence-electron chi connectivity index (χ0n) is 3.30. The van der Waals surface area contributed by atoms with E-state index in [4.69, 9.17) is 17.2 Å². The number of nitrogens with two attached hydrogens (primary N) is 1. The maximum atomic E-state index is 8.89. The molecule has 6 heteroatoms. The van der Waals surface area contributed by atoms with Crippen molar-refractivity contribution in [3.8, 4) is 0 Å². The van der Waals surface area contributed by atoms with Gasteiger partial charge >= 0.3 is 25.7 Å². The molecule has 0 aromatic heterocycles. The van der Waals surface area contributed by atoms with E-state index >= 15 is 0 Å². The molecule has 5 nitrogen and oxygen atoms in total. The second kappa shape index (κ2) is 9.13. The van der Waals surface area contributed by atoms with Crippen molar-refractivity contribution in [3.63, 3.8) is 0 Å². The van der Waals surface area contributed by atoms with E-state index in [0.717, 1.165) is 0 Å². The Labute approximate surface area is 48.6 Å². The summed E-state index contributed by atoms with van der Waals surface area (Å²) in [6.07, 6.45) is 0. The third-order valence-corrected chi connectivity index (χ3v) is 0. The molecule has 0 unspecified atom stereocenters. The number of carbonyl (C=O) groups is 1. The van der Waals surface area contributed by atoms with Crippen LogP contribution in [-0.2, 0) is 25.7 Å². The van der Waals surface area contributed by atoms with Crippen molar-refractivity contribution in [3.05, 3.63) is 5.73 Å². The predicted octanol–water partition coefficient (Wildman–Crippen LogP) is -0.123. The molecule has 0 aliphatic carbocycles. The zero-order valence-corrected chi connectivity index (χ0v) is 4.86. The Kier molecular flexibility index (Phi) is 12.7. The first kappa shape index (κ1) is 9.77. The summed E-state index contributed by atoms with van der Waals surface area (Å²) in [4.78, 5) is 8.89. The number of hydrogen-bond acceptors (Lipinski definition) is 3. The summed E-state index contributed by atoms with van der Waals surface area (Å²) in [5.74, 6) is 0. The van der Waals surface area contributed by atoms with Crippen molar-refractivity contribution in [2.24, 2.45) is 5.73 Å². The minimum absolute atomic E-state index is 1.08. The molecule has 0 radical (unpaired) electrons. The molecule has 0 spiro atoms. The van der Waals surface area contributed by atoms with Gasteiger partial charge in [-0.1, -0.05) is 0 Å². The number of carbonyl (C=O) groups excluding carboxylic acids is 1. The van der Waals surface area contributed by atoms with Gasteiger partial charge in [-0.3, -0.25) is 4.79 Å². The Hall–Kier alpha value is -0.416. The summed E-state index contributed by atoms with van der Waals surface area (Å²) >= 11 is -2.00. The summed E-state index contributed by atoms with van der Waals surface area (Å²) in [5, 5.41) is 0. The van der Waals surface area contributed by atoms with Gasteiger partial charge in [0.25, 0.3) is 0 Å². The van der Waals surface area contributed by atoms with Crippen LogP contribution in [0.2, 0.25) is 0 Å².